The average Bonchev–Trinajstić information content (AvgIpc) is 3.15. The fraction of sp³-hybridized carbons (Fsp3) is 0.583. The number of benzene rings is 1. The number of ether oxygens (including phenoxy) is 3. The number of likely N-dealkylation sites (tertiary alicyclic amines) is 2. The van der Waals surface area contributed by atoms with Crippen LogP contribution in [0, 0.1) is 5.92 Å². The van der Waals surface area contributed by atoms with Gasteiger partial charge in [0.25, 0.3) is 5.91 Å². The van der Waals surface area contributed by atoms with E-state index in [1.54, 1.807) is 7.11 Å². The van der Waals surface area contributed by atoms with Crippen molar-refractivity contribution in [1.82, 2.24) is 9.80 Å². The van der Waals surface area contributed by atoms with Crippen molar-refractivity contribution in [3.8, 4) is 11.5 Å². The van der Waals surface area contributed by atoms with Gasteiger partial charge in [0.2, 0.25) is 0 Å². The van der Waals surface area contributed by atoms with E-state index in [1.165, 1.54) is 0 Å². The normalized spacial score (nSPS) is 20.8. The Hall–Kier alpha value is -2.70. The van der Waals surface area contributed by atoms with Crippen molar-refractivity contribution in [2.45, 2.75) is 51.7 Å². The molecule has 2 amide bonds. The highest BCUT2D eigenvalue weighted by Gasteiger charge is 2.42. The molecular formula is C24H34N2O5. The number of amides is 2. The van der Waals surface area contributed by atoms with Gasteiger partial charge in [-0.25, -0.2) is 4.79 Å². The molecule has 2 aliphatic heterocycles. The maximum absolute atomic E-state index is 12.8. The first-order valence-electron chi connectivity index (χ1n) is 10.9. The van der Waals surface area contributed by atoms with Crippen LogP contribution in [0.5, 0.6) is 11.5 Å². The molecular weight excluding hydrogens is 396 g/mol. The van der Waals surface area contributed by atoms with E-state index in [4.69, 9.17) is 14.2 Å². The van der Waals surface area contributed by atoms with Gasteiger partial charge >= 0.3 is 6.09 Å². The van der Waals surface area contributed by atoms with Gasteiger partial charge in [-0.1, -0.05) is 12.1 Å². The number of nitrogens with zero attached hydrogens (tertiary/aromatic N) is 2. The lowest BCUT2D eigenvalue weighted by atomic mass is 9.93. The van der Waals surface area contributed by atoms with Crippen LogP contribution in [0.15, 0.2) is 30.9 Å². The van der Waals surface area contributed by atoms with Crippen molar-refractivity contribution >= 4 is 12.0 Å². The van der Waals surface area contributed by atoms with Crippen LogP contribution in [-0.2, 0) is 16.0 Å². The molecule has 1 aromatic rings. The molecule has 0 aromatic heterocycles. The molecule has 0 unspecified atom stereocenters. The van der Waals surface area contributed by atoms with Gasteiger partial charge in [0.1, 0.15) is 5.60 Å². The van der Waals surface area contributed by atoms with E-state index >= 15 is 0 Å². The summed E-state index contributed by atoms with van der Waals surface area (Å²) in [5.41, 5.74) is 0.567. The summed E-state index contributed by atoms with van der Waals surface area (Å²) in [5, 5.41) is 0. The second kappa shape index (κ2) is 9.62. The standard InChI is InChI=1S/C24H34N2O5/c1-6-7-17-8-9-20(21(14-17)29-5)30-16-22(27)25-12-11-19-18(15-25)10-13-26(19)23(28)31-24(2,3)4/h6,8-9,14,18-19H,1,7,10-13,15-16H2,2-5H3/t18-,19-/m1/s1. The average molecular weight is 431 g/mol. The summed E-state index contributed by atoms with van der Waals surface area (Å²) in [6, 6.07) is 5.81. The number of rotatable bonds is 6. The van der Waals surface area contributed by atoms with Crippen LogP contribution in [0.4, 0.5) is 4.79 Å². The van der Waals surface area contributed by atoms with E-state index in [1.807, 2.05) is 54.8 Å². The van der Waals surface area contributed by atoms with Gasteiger partial charge in [-0.3, -0.25) is 4.79 Å². The summed E-state index contributed by atoms with van der Waals surface area (Å²) in [4.78, 5) is 29.0. The molecule has 2 fully saturated rings. The highest BCUT2D eigenvalue weighted by molar-refractivity contribution is 5.78. The minimum absolute atomic E-state index is 0.0374. The summed E-state index contributed by atoms with van der Waals surface area (Å²) in [5.74, 6) is 1.38. The Balaban J connectivity index is 1.54. The Morgan fingerprint density at radius 1 is 1.19 bits per heavy atom. The number of hydrogen-bond acceptors (Lipinski definition) is 5. The van der Waals surface area contributed by atoms with E-state index < -0.39 is 5.60 Å². The SMILES string of the molecule is C=CCc1ccc(OCC(=O)N2CC[C@@H]3[C@H](CCN3C(=O)OC(C)(C)C)C2)c(OC)c1. The maximum atomic E-state index is 12.8. The minimum atomic E-state index is -0.506. The monoisotopic (exact) mass is 430 g/mol. The quantitative estimate of drug-likeness (QED) is 0.645. The molecule has 0 saturated carbocycles. The van der Waals surface area contributed by atoms with Crippen LogP contribution in [0.1, 0.15) is 39.2 Å². The lowest BCUT2D eigenvalue weighted by Gasteiger charge is -2.38. The van der Waals surface area contributed by atoms with Crippen molar-refractivity contribution in [3.63, 3.8) is 0 Å². The summed E-state index contributed by atoms with van der Waals surface area (Å²) in [7, 11) is 1.59. The van der Waals surface area contributed by atoms with Crippen molar-refractivity contribution in [2.24, 2.45) is 5.92 Å². The zero-order valence-corrected chi connectivity index (χ0v) is 19.1. The van der Waals surface area contributed by atoms with Gasteiger partial charge in [-0.05, 0) is 63.6 Å². The Morgan fingerprint density at radius 3 is 2.65 bits per heavy atom. The molecule has 0 radical (unpaired) electrons. The van der Waals surface area contributed by atoms with Crippen LogP contribution in [0.25, 0.3) is 0 Å². The van der Waals surface area contributed by atoms with Gasteiger partial charge < -0.3 is 24.0 Å². The van der Waals surface area contributed by atoms with Crippen molar-refractivity contribution in [3.05, 3.63) is 36.4 Å². The second-order valence-electron chi connectivity index (χ2n) is 9.18. The van der Waals surface area contributed by atoms with E-state index in [0.717, 1.165) is 24.8 Å². The molecule has 0 bridgehead atoms. The molecule has 0 spiro atoms. The fourth-order valence-electron chi connectivity index (χ4n) is 4.31. The Bertz CT molecular complexity index is 817. The third-order valence-corrected chi connectivity index (χ3v) is 5.77. The van der Waals surface area contributed by atoms with Crippen LogP contribution in [0.3, 0.4) is 0 Å². The van der Waals surface area contributed by atoms with Crippen molar-refractivity contribution in [1.29, 1.82) is 0 Å². The largest absolute Gasteiger partial charge is 0.493 e. The number of carbonyl (C=O) groups is 2. The molecule has 7 heteroatoms. The number of allylic oxidation sites excluding steroid dienone is 1. The molecule has 31 heavy (non-hydrogen) atoms. The van der Waals surface area contributed by atoms with Crippen molar-refractivity contribution in [2.75, 3.05) is 33.4 Å². The first-order valence-corrected chi connectivity index (χ1v) is 10.9. The topological polar surface area (TPSA) is 68.3 Å². The van der Waals surface area contributed by atoms with E-state index in [9.17, 15) is 9.59 Å². The first kappa shape index (κ1) is 23.0. The number of hydrogen-bond donors (Lipinski definition) is 0. The van der Waals surface area contributed by atoms with Gasteiger partial charge in [-0.15, -0.1) is 6.58 Å². The molecule has 2 atom stereocenters. The van der Waals surface area contributed by atoms with Crippen LogP contribution < -0.4 is 9.47 Å². The molecule has 7 nitrogen and oxygen atoms in total. The molecule has 0 aliphatic carbocycles. The van der Waals surface area contributed by atoms with E-state index in [-0.39, 0.29) is 30.6 Å². The highest BCUT2D eigenvalue weighted by Crippen LogP contribution is 2.33. The lowest BCUT2D eigenvalue weighted by molar-refractivity contribution is -0.135. The number of piperidine rings is 1. The number of methoxy groups -OCH3 is 1. The minimum Gasteiger partial charge on any atom is -0.493 e. The highest BCUT2D eigenvalue weighted by atomic mass is 16.6. The molecule has 2 saturated heterocycles. The van der Waals surface area contributed by atoms with Crippen LogP contribution in [-0.4, -0.2) is 66.8 Å². The first-order chi connectivity index (χ1) is 14.7. The molecule has 170 valence electrons. The Morgan fingerprint density at radius 2 is 1.97 bits per heavy atom. The van der Waals surface area contributed by atoms with E-state index in [0.29, 0.717) is 31.1 Å². The smallest absolute Gasteiger partial charge is 0.410 e. The third kappa shape index (κ3) is 5.71. The summed E-state index contributed by atoms with van der Waals surface area (Å²) in [6.07, 6.45) is 3.96. The zero-order valence-electron chi connectivity index (χ0n) is 19.1. The van der Waals surface area contributed by atoms with Crippen molar-refractivity contribution < 1.29 is 23.8 Å². The second-order valence-corrected chi connectivity index (χ2v) is 9.18. The van der Waals surface area contributed by atoms with Gasteiger partial charge in [0.15, 0.2) is 18.1 Å². The predicted octanol–water partition coefficient (Wildman–Crippen LogP) is 3.66. The third-order valence-electron chi connectivity index (χ3n) is 5.77. The summed E-state index contributed by atoms with van der Waals surface area (Å²) in [6.45, 7) is 11.3. The van der Waals surface area contributed by atoms with Gasteiger partial charge in [0, 0.05) is 25.7 Å². The lowest BCUT2D eigenvalue weighted by Crippen LogP contribution is -2.50. The molecule has 1 aromatic carbocycles. The maximum Gasteiger partial charge on any atom is 0.410 e. The Labute approximate surface area is 184 Å². The Kier molecular flexibility index (Phi) is 7.13. The number of fused-ring (bicyclic) bond motifs is 1. The van der Waals surface area contributed by atoms with Crippen LogP contribution >= 0.6 is 0 Å². The zero-order chi connectivity index (χ0) is 22.6. The van der Waals surface area contributed by atoms with Crippen LogP contribution in [0.2, 0.25) is 0 Å². The number of carbonyl (C=O) groups excluding carboxylic acids is 2. The molecule has 3 rings (SSSR count). The molecule has 0 N–H and O–H groups in total. The van der Waals surface area contributed by atoms with Gasteiger partial charge in [0.05, 0.1) is 7.11 Å². The van der Waals surface area contributed by atoms with Gasteiger partial charge in [-0.2, -0.15) is 0 Å². The summed E-state index contributed by atoms with van der Waals surface area (Å²) < 4.78 is 16.7. The predicted molar refractivity (Wildman–Crippen MR) is 118 cm³/mol. The van der Waals surface area contributed by atoms with E-state index in [2.05, 4.69) is 6.58 Å². The fourth-order valence-corrected chi connectivity index (χ4v) is 4.31. The molecule has 2 aliphatic rings. The molecule has 2 heterocycles. The summed E-state index contributed by atoms with van der Waals surface area (Å²) >= 11 is 0.